The Morgan fingerprint density at radius 1 is 0.973 bits per heavy atom. The van der Waals surface area contributed by atoms with Crippen molar-refractivity contribution < 1.29 is 18.4 Å². The highest BCUT2D eigenvalue weighted by molar-refractivity contribution is 6.03. The molecule has 1 saturated heterocycles. The van der Waals surface area contributed by atoms with Crippen LogP contribution in [0.3, 0.4) is 0 Å². The van der Waals surface area contributed by atoms with Gasteiger partial charge in [-0.2, -0.15) is 5.10 Å². The molecule has 0 saturated carbocycles. The van der Waals surface area contributed by atoms with Crippen molar-refractivity contribution >= 4 is 34.2 Å². The van der Waals surface area contributed by atoms with Crippen LogP contribution in [-0.4, -0.2) is 47.1 Å². The topological polar surface area (TPSA) is 91.3 Å². The van der Waals surface area contributed by atoms with Gasteiger partial charge in [-0.25, -0.2) is 5.01 Å². The first kappa shape index (κ1) is 23.2. The van der Waals surface area contributed by atoms with Gasteiger partial charge in [0.2, 0.25) is 5.91 Å². The number of furan rings is 2. The van der Waals surface area contributed by atoms with Crippen LogP contribution in [-0.2, 0) is 9.59 Å². The number of para-hydroxylation sites is 2. The van der Waals surface area contributed by atoms with E-state index in [1.54, 1.807) is 6.26 Å². The highest BCUT2D eigenvalue weighted by Crippen LogP contribution is 2.34. The number of piperidine rings is 1. The Morgan fingerprint density at radius 3 is 2.51 bits per heavy atom. The van der Waals surface area contributed by atoms with E-state index in [4.69, 9.17) is 13.9 Å². The molecule has 0 bridgehead atoms. The number of amides is 2. The second kappa shape index (κ2) is 10.1. The molecule has 0 radical (unpaired) electrons. The Kier molecular flexibility index (Phi) is 6.32. The minimum absolute atomic E-state index is 0.0367. The van der Waals surface area contributed by atoms with Crippen molar-refractivity contribution in [1.82, 2.24) is 9.91 Å². The first-order chi connectivity index (χ1) is 18.1. The van der Waals surface area contributed by atoms with Crippen molar-refractivity contribution in [3.8, 4) is 0 Å². The lowest BCUT2D eigenvalue weighted by atomic mass is 9.95. The molecule has 0 spiro atoms. The Morgan fingerprint density at radius 2 is 1.76 bits per heavy atom. The molecule has 4 heterocycles. The van der Waals surface area contributed by atoms with Crippen LogP contribution < -0.4 is 5.32 Å². The fourth-order valence-electron chi connectivity index (χ4n) is 5.10. The molecule has 1 unspecified atom stereocenters. The van der Waals surface area contributed by atoms with Crippen molar-refractivity contribution in [3.63, 3.8) is 0 Å². The number of benzene rings is 2. The molecule has 2 aliphatic heterocycles. The number of hydrogen-bond acceptors (Lipinski definition) is 6. The van der Waals surface area contributed by atoms with Crippen LogP contribution in [0.2, 0.25) is 0 Å². The normalized spacial score (nSPS) is 18.8. The second-order valence-electron chi connectivity index (χ2n) is 9.57. The monoisotopic (exact) mass is 496 g/mol. The van der Waals surface area contributed by atoms with Crippen molar-refractivity contribution in [2.24, 2.45) is 11.0 Å². The van der Waals surface area contributed by atoms with E-state index in [0.29, 0.717) is 43.9 Å². The molecule has 8 heteroatoms. The molecular weight excluding hydrogens is 468 g/mol. The summed E-state index contributed by atoms with van der Waals surface area (Å²) in [5, 5.41) is 10.2. The molecule has 1 fully saturated rings. The van der Waals surface area contributed by atoms with Crippen LogP contribution >= 0.6 is 0 Å². The van der Waals surface area contributed by atoms with E-state index in [-0.39, 0.29) is 30.3 Å². The van der Waals surface area contributed by atoms with E-state index in [1.165, 1.54) is 5.01 Å². The maximum atomic E-state index is 13.5. The zero-order valence-corrected chi connectivity index (χ0v) is 20.4. The number of nitrogens with zero attached hydrogens (tertiary/aromatic N) is 3. The molecule has 2 aromatic heterocycles. The van der Waals surface area contributed by atoms with Crippen LogP contribution in [0.15, 0.2) is 93.0 Å². The first-order valence-electron chi connectivity index (χ1n) is 12.6. The van der Waals surface area contributed by atoms with Crippen LogP contribution in [0.1, 0.15) is 36.8 Å². The van der Waals surface area contributed by atoms with E-state index in [9.17, 15) is 9.59 Å². The van der Waals surface area contributed by atoms with Gasteiger partial charge in [0.1, 0.15) is 23.1 Å². The third-order valence-electron chi connectivity index (χ3n) is 7.11. The van der Waals surface area contributed by atoms with Crippen LogP contribution in [0.4, 0.5) is 5.69 Å². The number of hydrogen-bond donors (Lipinski definition) is 1. The van der Waals surface area contributed by atoms with Crippen molar-refractivity contribution in [2.45, 2.75) is 25.3 Å². The predicted molar refractivity (Wildman–Crippen MR) is 140 cm³/mol. The smallest absolute Gasteiger partial charge is 0.257 e. The molecule has 8 nitrogen and oxygen atoms in total. The van der Waals surface area contributed by atoms with Gasteiger partial charge in [0, 0.05) is 23.4 Å². The number of rotatable bonds is 6. The maximum Gasteiger partial charge on any atom is 0.257 e. The Labute approximate surface area is 214 Å². The second-order valence-corrected chi connectivity index (χ2v) is 9.57. The number of likely N-dealkylation sites (tertiary alicyclic amines) is 1. The van der Waals surface area contributed by atoms with Crippen LogP contribution in [0, 0.1) is 5.92 Å². The van der Waals surface area contributed by atoms with Crippen LogP contribution in [0.25, 0.3) is 11.0 Å². The summed E-state index contributed by atoms with van der Waals surface area (Å²) in [5.41, 5.74) is 2.32. The Bertz CT molecular complexity index is 1390. The number of nitrogens with one attached hydrogen (secondary N) is 1. The van der Waals surface area contributed by atoms with Gasteiger partial charge in [0.05, 0.1) is 12.8 Å². The minimum atomic E-state index is -0.320. The summed E-state index contributed by atoms with van der Waals surface area (Å²) < 4.78 is 11.7. The van der Waals surface area contributed by atoms with E-state index in [1.807, 2.05) is 72.8 Å². The fourth-order valence-corrected chi connectivity index (χ4v) is 5.10. The summed E-state index contributed by atoms with van der Waals surface area (Å²) in [4.78, 5) is 28.2. The molecule has 2 amide bonds. The summed E-state index contributed by atoms with van der Waals surface area (Å²) in [6, 6.07) is 22.7. The largest absolute Gasteiger partial charge is 0.467 e. The van der Waals surface area contributed by atoms with Gasteiger partial charge in [0.15, 0.2) is 5.76 Å². The van der Waals surface area contributed by atoms with Crippen molar-refractivity contribution in [3.05, 3.63) is 90.6 Å². The molecule has 2 aliphatic rings. The molecule has 2 aromatic carbocycles. The average molecular weight is 497 g/mol. The van der Waals surface area contributed by atoms with Crippen molar-refractivity contribution in [2.75, 3.05) is 25.0 Å². The molecule has 6 rings (SSSR count). The van der Waals surface area contributed by atoms with E-state index in [0.717, 1.165) is 22.4 Å². The Hall–Kier alpha value is -4.17. The van der Waals surface area contributed by atoms with Crippen LogP contribution in [0.5, 0.6) is 0 Å². The lowest BCUT2D eigenvalue weighted by Crippen LogP contribution is -2.43. The molecule has 1 atom stereocenters. The van der Waals surface area contributed by atoms with Gasteiger partial charge in [-0.15, -0.1) is 0 Å². The summed E-state index contributed by atoms with van der Waals surface area (Å²) >= 11 is 0. The number of anilines is 1. The SMILES string of the molecule is O=C(Nc1ccccc1)C1CCN(CC(=O)N2N=C(c3cc4ccccc4o3)CC2c2ccco2)CC1. The lowest BCUT2D eigenvalue weighted by molar-refractivity contribution is -0.135. The highest BCUT2D eigenvalue weighted by Gasteiger charge is 2.37. The zero-order valence-electron chi connectivity index (χ0n) is 20.4. The van der Waals surface area contributed by atoms with Gasteiger partial charge >= 0.3 is 0 Å². The zero-order chi connectivity index (χ0) is 25.2. The molecule has 4 aromatic rings. The summed E-state index contributed by atoms with van der Waals surface area (Å²) in [7, 11) is 0. The number of hydrazone groups is 1. The van der Waals surface area contributed by atoms with E-state index >= 15 is 0 Å². The number of fused-ring (bicyclic) bond motifs is 1. The average Bonchev–Trinajstić information content (AvgIpc) is 3.69. The summed E-state index contributed by atoms with van der Waals surface area (Å²) in [5.74, 6) is 1.24. The van der Waals surface area contributed by atoms with Gasteiger partial charge in [-0.05, 0) is 62.3 Å². The maximum absolute atomic E-state index is 13.5. The van der Waals surface area contributed by atoms with Crippen molar-refractivity contribution in [1.29, 1.82) is 0 Å². The van der Waals surface area contributed by atoms with Gasteiger partial charge < -0.3 is 14.2 Å². The molecule has 37 heavy (non-hydrogen) atoms. The van der Waals surface area contributed by atoms with Gasteiger partial charge in [-0.1, -0.05) is 36.4 Å². The minimum Gasteiger partial charge on any atom is -0.467 e. The Balaban J connectivity index is 1.12. The molecule has 0 aliphatic carbocycles. The van der Waals surface area contributed by atoms with Gasteiger partial charge in [-0.3, -0.25) is 14.5 Å². The van der Waals surface area contributed by atoms with Gasteiger partial charge in [0.25, 0.3) is 5.91 Å². The first-order valence-corrected chi connectivity index (χ1v) is 12.6. The molecular formula is C29H28N4O4. The molecule has 188 valence electrons. The fraction of sp³-hybridized carbons (Fsp3) is 0.276. The lowest BCUT2D eigenvalue weighted by Gasteiger charge is -2.32. The number of carbonyl (C=O) groups excluding carboxylic acids is 2. The summed E-state index contributed by atoms with van der Waals surface area (Å²) in [6.07, 6.45) is 3.55. The quantitative estimate of drug-likeness (QED) is 0.403. The third-order valence-corrected chi connectivity index (χ3v) is 7.11. The van der Waals surface area contributed by atoms with E-state index in [2.05, 4.69) is 10.2 Å². The third kappa shape index (κ3) is 4.93. The summed E-state index contributed by atoms with van der Waals surface area (Å²) in [6.45, 7) is 1.59. The van der Waals surface area contributed by atoms with E-state index < -0.39 is 0 Å². The standard InChI is InChI=1S/C29H28N4O4/c34-28(19-32-14-12-20(13-15-32)29(35)30-22-8-2-1-3-9-22)33-24(26-11-6-16-36-26)18-23(31-33)27-17-21-7-4-5-10-25(21)37-27/h1-11,16-17,20,24H,12-15,18-19H2,(H,30,35). The molecule has 1 N–H and O–H groups in total. The predicted octanol–water partition coefficient (Wildman–Crippen LogP) is 5.05. The highest BCUT2D eigenvalue weighted by atomic mass is 16.3. The number of carbonyl (C=O) groups is 2.